The number of benzene rings is 1. The SMILES string of the molecule is C=NC(NC(=NC)C(=O)O)=C(C=N[C@H](C)C1CCC1)N(Cc1ccc(C(F)(F)F)cc1)CN1C2CCC1COC2. The molecule has 2 bridgehead atoms. The van der Waals surface area contributed by atoms with Crippen LogP contribution in [0.3, 0.4) is 0 Å². The van der Waals surface area contributed by atoms with E-state index >= 15 is 0 Å². The lowest BCUT2D eigenvalue weighted by molar-refractivity contribution is -0.137. The second-order valence-electron chi connectivity index (χ2n) is 10.6. The normalized spacial score (nSPS) is 23.5. The Morgan fingerprint density at radius 3 is 2.38 bits per heavy atom. The Hall–Kier alpha value is -3.25. The quantitative estimate of drug-likeness (QED) is 0.328. The Morgan fingerprint density at radius 2 is 1.88 bits per heavy atom. The molecule has 4 rings (SSSR count). The minimum atomic E-state index is -4.43. The van der Waals surface area contributed by atoms with Gasteiger partial charge in [0.2, 0.25) is 5.84 Å². The number of morpholine rings is 1. The maximum atomic E-state index is 13.2. The van der Waals surface area contributed by atoms with Crippen molar-refractivity contribution in [1.29, 1.82) is 0 Å². The number of allylic oxidation sites excluding steroid dienone is 1. The van der Waals surface area contributed by atoms with Gasteiger partial charge in [-0.15, -0.1) is 0 Å². The summed E-state index contributed by atoms with van der Waals surface area (Å²) < 4.78 is 45.4. The molecule has 40 heavy (non-hydrogen) atoms. The van der Waals surface area contributed by atoms with E-state index in [1.54, 1.807) is 6.21 Å². The number of ether oxygens (including phenoxy) is 1. The van der Waals surface area contributed by atoms with Gasteiger partial charge in [0.05, 0.1) is 37.2 Å². The largest absolute Gasteiger partial charge is 0.475 e. The molecular formula is C28H37F3N6O3. The monoisotopic (exact) mass is 562 g/mol. The number of halogens is 3. The summed E-state index contributed by atoms with van der Waals surface area (Å²) in [5, 5.41) is 12.4. The number of rotatable bonds is 10. The highest BCUT2D eigenvalue weighted by Gasteiger charge is 2.38. The molecule has 1 saturated carbocycles. The molecule has 218 valence electrons. The minimum absolute atomic E-state index is 0.0427. The number of carbonyl (C=O) groups is 1. The van der Waals surface area contributed by atoms with Crippen molar-refractivity contribution in [2.75, 3.05) is 26.9 Å². The molecule has 12 heteroatoms. The Kier molecular flexibility index (Phi) is 9.62. The first-order valence-corrected chi connectivity index (χ1v) is 13.6. The molecule has 2 unspecified atom stereocenters. The molecule has 9 nitrogen and oxygen atoms in total. The first-order valence-electron chi connectivity index (χ1n) is 13.6. The third-order valence-electron chi connectivity index (χ3n) is 8.05. The molecule has 3 fully saturated rings. The van der Waals surface area contributed by atoms with Gasteiger partial charge < -0.3 is 20.1 Å². The van der Waals surface area contributed by atoms with Crippen molar-refractivity contribution in [3.63, 3.8) is 0 Å². The third kappa shape index (κ3) is 7.08. The van der Waals surface area contributed by atoms with Crippen molar-refractivity contribution in [2.45, 2.75) is 69.9 Å². The number of amidine groups is 1. The number of hydrogen-bond donors (Lipinski definition) is 2. The molecule has 2 heterocycles. The van der Waals surface area contributed by atoms with Gasteiger partial charge in [0.1, 0.15) is 0 Å². The van der Waals surface area contributed by atoms with Gasteiger partial charge >= 0.3 is 12.1 Å². The summed E-state index contributed by atoms with van der Waals surface area (Å²) in [6, 6.07) is 5.52. The van der Waals surface area contributed by atoms with Crippen LogP contribution in [0.15, 0.2) is 50.8 Å². The zero-order valence-corrected chi connectivity index (χ0v) is 22.9. The van der Waals surface area contributed by atoms with Crippen LogP contribution in [0.1, 0.15) is 50.2 Å². The Bertz CT molecular complexity index is 1130. The molecule has 3 atom stereocenters. The van der Waals surface area contributed by atoms with Crippen LogP contribution in [0.4, 0.5) is 13.2 Å². The molecule has 2 aliphatic heterocycles. The van der Waals surface area contributed by atoms with Crippen LogP contribution in [0.5, 0.6) is 0 Å². The zero-order chi connectivity index (χ0) is 28.9. The fraction of sp³-hybridized carbons (Fsp3) is 0.571. The highest BCUT2D eigenvalue weighted by Crippen LogP contribution is 2.33. The van der Waals surface area contributed by atoms with Gasteiger partial charge in [-0.3, -0.25) is 14.9 Å². The summed E-state index contributed by atoms with van der Waals surface area (Å²) >= 11 is 0. The van der Waals surface area contributed by atoms with E-state index in [4.69, 9.17) is 9.73 Å². The van der Waals surface area contributed by atoms with Crippen LogP contribution >= 0.6 is 0 Å². The molecule has 0 spiro atoms. The van der Waals surface area contributed by atoms with Crippen molar-refractivity contribution >= 4 is 24.7 Å². The number of carboxylic acid groups (broad SMARTS) is 1. The highest BCUT2D eigenvalue weighted by molar-refractivity contribution is 6.34. The molecule has 0 amide bonds. The highest BCUT2D eigenvalue weighted by atomic mass is 19.4. The van der Waals surface area contributed by atoms with E-state index in [2.05, 4.69) is 26.9 Å². The van der Waals surface area contributed by atoms with Crippen LogP contribution < -0.4 is 5.32 Å². The summed E-state index contributed by atoms with van der Waals surface area (Å²) in [7, 11) is 1.36. The van der Waals surface area contributed by atoms with Crippen molar-refractivity contribution in [3.8, 4) is 0 Å². The molecule has 0 radical (unpaired) electrons. The van der Waals surface area contributed by atoms with Gasteiger partial charge in [0, 0.05) is 31.9 Å². The van der Waals surface area contributed by atoms with Crippen LogP contribution in [0.2, 0.25) is 0 Å². The minimum Gasteiger partial charge on any atom is -0.475 e. The maximum absolute atomic E-state index is 13.2. The molecule has 2 saturated heterocycles. The Labute approximate surface area is 232 Å². The molecule has 1 aliphatic carbocycles. The topological polar surface area (TPSA) is 102 Å². The van der Waals surface area contributed by atoms with Crippen molar-refractivity contribution in [3.05, 3.63) is 46.9 Å². The summed E-state index contributed by atoms with van der Waals surface area (Å²) in [4.78, 5) is 28.8. The molecule has 2 N–H and O–H groups in total. The lowest BCUT2D eigenvalue weighted by Gasteiger charge is -2.39. The maximum Gasteiger partial charge on any atom is 0.416 e. The Balaban J connectivity index is 1.74. The van der Waals surface area contributed by atoms with E-state index in [-0.39, 0.29) is 36.3 Å². The first kappa shape index (κ1) is 29.7. The summed E-state index contributed by atoms with van der Waals surface area (Å²) in [5.74, 6) is -0.958. The first-order chi connectivity index (χ1) is 19.1. The van der Waals surface area contributed by atoms with Crippen LogP contribution in [-0.2, 0) is 22.3 Å². The van der Waals surface area contributed by atoms with E-state index < -0.39 is 17.7 Å². The summed E-state index contributed by atoms with van der Waals surface area (Å²) in [6.45, 7) is 7.58. The smallest absolute Gasteiger partial charge is 0.416 e. The number of carboxylic acids is 1. The van der Waals surface area contributed by atoms with Crippen molar-refractivity contribution in [1.82, 2.24) is 15.1 Å². The number of alkyl halides is 3. The number of nitrogens with zero attached hydrogens (tertiary/aromatic N) is 5. The Morgan fingerprint density at radius 1 is 1.23 bits per heavy atom. The van der Waals surface area contributed by atoms with Crippen LogP contribution in [-0.4, -0.2) is 84.7 Å². The average Bonchev–Trinajstić information content (AvgIpc) is 3.08. The second-order valence-corrected chi connectivity index (χ2v) is 10.6. The zero-order valence-electron chi connectivity index (χ0n) is 22.9. The van der Waals surface area contributed by atoms with Gasteiger partial charge in [-0.25, -0.2) is 9.79 Å². The standard InChI is InChI=1S/C28H37F3N6O3/c1-18(20-5-4-6-20)34-13-24(25(32-2)35-26(33-3)27(38)39)36(17-37-22-11-12-23(37)16-40-15-22)14-19-7-9-21(10-8-19)28(29,30)31/h7-10,13,18,20,22-23H,2,4-6,11-12,14-17H2,1,3H3,(H,33,35)(H,38,39)/t18-,22?,23?/m1/s1. The third-order valence-corrected chi connectivity index (χ3v) is 8.05. The van der Waals surface area contributed by atoms with E-state index in [0.29, 0.717) is 37.1 Å². The predicted octanol–water partition coefficient (Wildman–Crippen LogP) is 4.16. The van der Waals surface area contributed by atoms with Crippen molar-refractivity contribution in [2.24, 2.45) is 20.9 Å². The van der Waals surface area contributed by atoms with Gasteiger partial charge in [-0.2, -0.15) is 13.2 Å². The predicted molar refractivity (Wildman–Crippen MR) is 147 cm³/mol. The van der Waals surface area contributed by atoms with Gasteiger partial charge in [-0.1, -0.05) is 18.6 Å². The summed E-state index contributed by atoms with van der Waals surface area (Å²) in [5.41, 5.74) is 0.410. The van der Waals surface area contributed by atoms with Crippen LogP contribution in [0, 0.1) is 5.92 Å². The lowest BCUT2D eigenvalue weighted by Crippen LogP contribution is -2.51. The van der Waals surface area contributed by atoms with Crippen molar-refractivity contribution < 1.29 is 27.8 Å². The molecule has 3 aliphatic rings. The van der Waals surface area contributed by atoms with E-state index in [1.165, 1.54) is 25.6 Å². The van der Waals surface area contributed by atoms with Gasteiger partial charge in [0.25, 0.3) is 0 Å². The molecule has 0 aromatic heterocycles. The summed E-state index contributed by atoms with van der Waals surface area (Å²) in [6.07, 6.45) is 2.59. The molecule has 1 aromatic rings. The number of hydrogen-bond acceptors (Lipinski definition) is 7. The molecule has 1 aromatic carbocycles. The molecular weight excluding hydrogens is 525 g/mol. The van der Waals surface area contributed by atoms with Gasteiger partial charge in [-0.05, 0) is 62.9 Å². The fourth-order valence-electron chi connectivity index (χ4n) is 5.40. The van der Waals surface area contributed by atoms with E-state index in [0.717, 1.165) is 37.8 Å². The number of aliphatic carboxylic acids is 1. The van der Waals surface area contributed by atoms with Gasteiger partial charge in [0.15, 0.2) is 5.82 Å². The number of nitrogens with one attached hydrogen (secondary N) is 1. The van der Waals surface area contributed by atoms with E-state index in [1.807, 2.05) is 11.8 Å². The number of fused-ring (bicyclic) bond motifs is 2. The lowest BCUT2D eigenvalue weighted by atomic mass is 9.81. The van der Waals surface area contributed by atoms with Crippen LogP contribution in [0.25, 0.3) is 0 Å². The number of aliphatic imine (C=N–C) groups is 3. The van der Waals surface area contributed by atoms with E-state index in [9.17, 15) is 23.1 Å². The fourth-order valence-corrected chi connectivity index (χ4v) is 5.40. The average molecular weight is 563 g/mol. The second kappa shape index (κ2) is 12.9.